The number of rotatable bonds is 3. The highest BCUT2D eigenvalue weighted by Gasteiger charge is 2.66. The van der Waals surface area contributed by atoms with Gasteiger partial charge in [0, 0.05) is 18.1 Å². The molecule has 0 radical (unpaired) electrons. The zero-order chi connectivity index (χ0) is 15.8. The summed E-state index contributed by atoms with van der Waals surface area (Å²) in [5.41, 5.74) is 0. The van der Waals surface area contributed by atoms with Crippen molar-refractivity contribution in [3.8, 4) is 0 Å². The molecule has 11 heteroatoms. The number of sulfone groups is 1. The SMILES string of the molecule is CS(=O)(=O)C(F)(F)C(=O)OC1C2CC3C1OS(=O)(=O)C3C2. The molecule has 0 aromatic rings. The van der Waals surface area contributed by atoms with E-state index in [1.54, 1.807) is 0 Å². The Morgan fingerprint density at radius 1 is 1.33 bits per heavy atom. The van der Waals surface area contributed by atoms with Gasteiger partial charge in [0.25, 0.3) is 10.1 Å². The smallest absolute Gasteiger partial charge is 0.439 e. The predicted molar refractivity (Wildman–Crippen MR) is 63.5 cm³/mol. The summed E-state index contributed by atoms with van der Waals surface area (Å²) in [6, 6.07) is 0. The minimum Gasteiger partial charge on any atom is -0.454 e. The van der Waals surface area contributed by atoms with E-state index in [2.05, 4.69) is 4.74 Å². The maximum Gasteiger partial charge on any atom is 0.439 e. The highest BCUT2D eigenvalue weighted by Crippen LogP contribution is 2.55. The molecular formula is C10H12F2O7S2. The molecule has 0 aromatic carbocycles. The molecule has 2 aliphatic carbocycles. The topological polar surface area (TPSA) is 104 Å². The molecule has 1 saturated heterocycles. The molecule has 0 aromatic heterocycles. The monoisotopic (exact) mass is 346 g/mol. The van der Waals surface area contributed by atoms with E-state index in [4.69, 9.17) is 4.18 Å². The van der Waals surface area contributed by atoms with Gasteiger partial charge in [-0.15, -0.1) is 0 Å². The first-order chi connectivity index (χ1) is 9.45. The second kappa shape index (κ2) is 4.13. The van der Waals surface area contributed by atoms with Crippen LogP contribution in [0.25, 0.3) is 0 Å². The van der Waals surface area contributed by atoms with Crippen LogP contribution in [0.15, 0.2) is 0 Å². The van der Waals surface area contributed by atoms with Gasteiger partial charge in [-0.2, -0.15) is 17.2 Å². The molecule has 1 heterocycles. The van der Waals surface area contributed by atoms with Gasteiger partial charge >= 0.3 is 11.2 Å². The zero-order valence-corrected chi connectivity index (χ0v) is 12.4. The van der Waals surface area contributed by atoms with E-state index in [9.17, 15) is 30.4 Å². The predicted octanol–water partition coefficient (Wildman–Crippen LogP) is -0.327. The van der Waals surface area contributed by atoms with Gasteiger partial charge in [0.1, 0.15) is 12.2 Å². The Balaban J connectivity index is 1.81. The van der Waals surface area contributed by atoms with Gasteiger partial charge in [0.2, 0.25) is 9.84 Å². The average molecular weight is 346 g/mol. The second-order valence-electron chi connectivity index (χ2n) is 5.65. The minimum absolute atomic E-state index is 0.173. The van der Waals surface area contributed by atoms with Crippen LogP contribution < -0.4 is 0 Å². The summed E-state index contributed by atoms with van der Waals surface area (Å²) in [6.07, 6.45) is -1.34. The fourth-order valence-corrected chi connectivity index (χ4v) is 5.62. The van der Waals surface area contributed by atoms with Gasteiger partial charge < -0.3 is 4.74 Å². The standard InChI is InChI=1S/C10H12F2O7S2/c1-20(14,15)10(11,12)9(13)18-7-4-2-5-6(3-4)21(16,17)19-8(5)7/h4-8H,2-3H2,1H3. The Kier molecular flexibility index (Phi) is 2.97. The van der Waals surface area contributed by atoms with Crippen LogP contribution in [-0.4, -0.2) is 51.8 Å². The Morgan fingerprint density at radius 3 is 2.52 bits per heavy atom. The van der Waals surface area contributed by atoms with Crippen molar-refractivity contribution >= 4 is 25.9 Å². The molecule has 5 atom stereocenters. The minimum atomic E-state index is -4.96. The summed E-state index contributed by atoms with van der Waals surface area (Å²) >= 11 is 0. The zero-order valence-electron chi connectivity index (χ0n) is 10.7. The molecule has 7 nitrogen and oxygen atoms in total. The maximum absolute atomic E-state index is 13.4. The molecule has 120 valence electrons. The molecule has 5 unspecified atom stereocenters. The number of alkyl halides is 2. The molecular weight excluding hydrogens is 334 g/mol. The summed E-state index contributed by atoms with van der Waals surface area (Å²) in [5.74, 6) is -2.97. The van der Waals surface area contributed by atoms with E-state index in [0.717, 1.165) is 0 Å². The van der Waals surface area contributed by atoms with Crippen molar-refractivity contribution in [2.24, 2.45) is 11.8 Å². The van der Waals surface area contributed by atoms with Crippen molar-refractivity contribution in [3.63, 3.8) is 0 Å². The summed E-state index contributed by atoms with van der Waals surface area (Å²) in [4.78, 5) is 11.4. The van der Waals surface area contributed by atoms with Gasteiger partial charge in [-0.3, -0.25) is 4.18 Å². The Bertz CT molecular complexity index is 699. The molecule has 21 heavy (non-hydrogen) atoms. The second-order valence-corrected chi connectivity index (χ2v) is 9.49. The lowest BCUT2D eigenvalue weighted by Crippen LogP contribution is -2.44. The van der Waals surface area contributed by atoms with E-state index in [1.165, 1.54) is 0 Å². The van der Waals surface area contributed by atoms with Crippen LogP contribution in [0.1, 0.15) is 12.8 Å². The largest absolute Gasteiger partial charge is 0.454 e. The Morgan fingerprint density at radius 2 is 1.95 bits per heavy atom. The van der Waals surface area contributed by atoms with Gasteiger partial charge in [-0.1, -0.05) is 0 Å². The van der Waals surface area contributed by atoms with Crippen LogP contribution in [0.3, 0.4) is 0 Å². The number of carbonyl (C=O) groups excluding carboxylic acids is 1. The first-order valence-electron chi connectivity index (χ1n) is 6.16. The highest BCUT2D eigenvalue weighted by atomic mass is 32.2. The third-order valence-electron chi connectivity index (χ3n) is 4.36. The van der Waals surface area contributed by atoms with Crippen molar-refractivity contribution in [2.45, 2.75) is 35.6 Å². The fraction of sp³-hybridized carbons (Fsp3) is 0.900. The van der Waals surface area contributed by atoms with Crippen LogP contribution in [0.5, 0.6) is 0 Å². The summed E-state index contributed by atoms with van der Waals surface area (Å²) in [7, 11) is -8.72. The van der Waals surface area contributed by atoms with Crippen molar-refractivity contribution in [1.29, 1.82) is 0 Å². The van der Waals surface area contributed by atoms with Crippen molar-refractivity contribution < 1.29 is 39.3 Å². The Hall–Kier alpha value is -0.810. The molecule has 2 saturated carbocycles. The fourth-order valence-electron chi connectivity index (χ4n) is 3.39. The quantitative estimate of drug-likeness (QED) is 0.509. The van der Waals surface area contributed by atoms with Crippen molar-refractivity contribution in [2.75, 3.05) is 6.26 Å². The van der Waals surface area contributed by atoms with Crippen molar-refractivity contribution in [1.82, 2.24) is 0 Å². The number of hydrogen-bond acceptors (Lipinski definition) is 7. The van der Waals surface area contributed by atoms with Crippen LogP contribution in [0.4, 0.5) is 8.78 Å². The lowest BCUT2D eigenvalue weighted by Gasteiger charge is -2.26. The average Bonchev–Trinajstić information content (AvgIpc) is 2.91. The first kappa shape index (κ1) is 15.1. The summed E-state index contributed by atoms with van der Waals surface area (Å²) < 4.78 is 81.4. The number of hydrogen-bond donors (Lipinski definition) is 0. The van der Waals surface area contributed by atoms with E-state index in [0.29, 0.717) is 6.42 Å². The highest BCUT2D eigenvalue weighted by molar-refractivity contribution is 7.92. The molecule has 3 fully saturated rings. The van der Waals surface area contributed by atoms with Crippen LogP contribution in [-0.2, 0) is 33.7 Å². The van der Waals surface area contributed by atoms with Gasteiger partial charge in [-0.05, 0) is 12.8 Å². The number of ether oxygens (including phenoxy) is 1. The van der Waals surface area contributed by atoms with E-state index < -0.39 is 54.6 Å². The summed E-state index contributed by atoms with van der Waals surface area (Å²) in [6.45, 7) is 0. The molecule has 2 bridgehead atoms. The first-order valence-corrected chi connectivity index (χ1v) is 9.52. The van der Waals surface area contributed by atoms with E-state index in [1.807, 2.05) is 0 Å². The molecule has 3 rings (SSSR count). The molecule has 0 amide bonds. The number of esters is 1. The van der Waals surface area contributed by atoms with Crippen LogP contribution >= 0.6 is 0 Å². The third-order valence-corrected chi connectivity index (χ3v) is 7.23. The molecule has 3 aliphatic rings. The lowest BCUT2D eigenvalue weighted by molar-refractivity contribution is -0.173. The lowest BCUT2D eigenvalue weighted by atomic mass is 9.94. The van der Waals surface area contributed by atoms with Crippen molar-refractivity contribution in [3.05, 3.63) is 0 Å². The van der Waals surface area contributed by atoms with Crippen LogP contribution in [0.2, 0.25) is 0 Å². The summed E-state index contributed by atoms with van der Waals surface area (Å²) in [5, 5.41) is -5.34. The van der Waals surface area contributed by atoms with Gasteiger partial charge in [0.15, 0.2) is 0 Å². The van der Waals surface area contributed by atoms with E-state index >= 15 is 0 Å². The number of fused-ring (bicyclic) bond motifs is 1. The molecule has 0 spiro atoms. The molecule has 0 N–H and O–H groups in total. The van der Waals surface area contributed by atoms with Gasteiger partial charge in [-0.25, -0.2) is 13.2 Å². The van der Waals surface area contributed by atoms with Crippen LogP contribution in [0, 0.1) is 11.8 Å². The number of halogens is 2. The normalized spacial score (nSPS) is 40.4. The maximum atomic E-state index is 13.4. The number of carbonyl (C=O) groups is 1. The van der Waals surface area contributed by atoms with Gasteiger partial charge in [0.05, 0.1) is 5.25 Å². The van der Waals surface area contributed by atoms with E-state index in [-0.39, 0.29) is 18.6 Å². The third kappa shape index (κ3) is 2.00. The molecule has 1 aliphatic heterocycles. The Labute approximate surface area is 119 Å².